The van der Waals surface area contributed by atoms with Gasteiger partial charge in [-0.3, -0.25) is 14.7 Å². The van der Waals surface area contributed by atoms with Gasteiger partial charge in [-0.2, -0.15) is 5.10 Å². The van der Waals surface area contributed by atoms with E-state index in [1.807, 2.05) is 6.92 Å². The quantitative estimate of drug-likeness (QED) is 0.701. The first-order valence-corrected chi connectivity index (χ1v) is 6.45. The Bertz CT molecular complexity index is 442. The maximum absolute atomic E-state index is 11.9. The molecule has 19 heavy (non-hydrogen) atoms. The zero-order chi connectivity index (χ0) is 14.4. The minimum Gasteiger partial charge on any atom is -0.481 e. The second kappa shape index (κ2) is 6.92. The molecule has 106 valence electrons. The first-order chi connectivity index (χ1) is 8.91. The number of rotatable bonds is 7. The maximum Gasteiger partial charge on any atom is 0.306 e. The topological polar surface area (TPSA) is 95.1 Å². The van der Waals surface area contributed by atoms with E-state index in [0.29, 0.717) is 12.0 Å². The number of hydrogen-bond acceptors (Lipinski definition) is 3. The maximum atomic E-state index is 11.9. The van der Waals surface area contributed by atoms with Crippen LogP contribution in [0.25, 0.3) is 0 Å². The molecule has 0 saturated heterocycles. The first kappa shape index (κ1) is 15.2. The lowest BCUT2D eigenvalue weighted by Crippen LogP contribution is -2.32. The van der Waals surface area contributed by atoms with Gasteiger partial charge >= 0.3 is 5.97 Å². The van der Waals surface area contributed by atoms with Crippen molar-refractivity contribution in [2.45, 2.75) is 46.1 Å². The summed E-state index contributed by atoms with van der Waals surface area (Å²) in [6, 6.07) is 0.0165. The number of aromatic amines is 1. The molecule has 1 aromatic heterocycles. The fraction of sp³-hybridized carbons (Fsp3) is 0.615. The number of carboxylic acid groups (broad SMARTS) is 1. The summed E-state index contributed by atoms with van der Waals surface area (Å²) in [5, 5.41) is 18.2. The Kier molecular flexibility index (Phi) is 5.54. The van der Waals surface area contributed by atoms with Crippen LogP contribution in [0.4, 0.5) is 0 Å². The van der Waals surface area contributed by atoms with E-state index >= 15 is 0 Å². The lowest BCUT2D eigenvalue weighted by Gasteiger charge is -2.14. The van der Waals surface area contributed by atoms with Crippen molar-refractivity contribution < 1.29 is 14.7 Å². The van der Waals surface area contributed by atoms with E-state index in [0.717, 1.165) is 18.5 Å². The second-order valence-corrected chi connectivity index (χ2v) is 4.95. The Morgan fingerprint density at radius 3 is 2.63 bits per heavy atom. The fourth-order valence-corrected chi connectivity index (χ4v) is 1.81. The van der Waals surface area contributed by atoms with E-state index in [1.165, 1.54) is 6.20 Å². The van der Waals surface area contributed by atoms with Gasteiger partial charge in [-0.1, -0.05) is 13.3 Å². The number of aliphatic carboxylic acids is 1. The number of carbonyl (C=O) groups is 2. The van der Waals surface area contributed by atoms with Gasteiger partial charge in [0.2, 0.25) is 0 Å². The molecular weight excluding hydrogens is 246 g/mol. The number of aryl methyl sites for hydroxylation is 1. The Morgan fingerprint density at radius 1 is 1.42 bits per heavy atom. The van der Waals surface area contributed by atoms with Gasteiger partial charge in [0.15, 0.2) is 0 Å². The Morgan fingerprint density at radius 2 is 2.11 bits per heavy atom. The zero-order valence-electron chi connectivity index (χ0n) is 11.6. The fourth-order valence-electron chi connectivity index (χ4n) is 1.81. The van der Waals surface area contributed by atoms with Crippen LogP contribution in [0.5, 0.6) is 0 Å². The van der Waals surface area contributed by atoms with E-state index in [4.69, 9.17) is 5.11 Å². The smallest absolute Gasteiger partial charge is 0.306 e. The molecule has 0 spiro atoms. The van der Waals surface area contributed by atoms with E-state index < -0.39 is 5.97 Å². The predicted octanol–water partition coefficient (Wildman–Crippen LogP) is 1.73. The van der Waals surface area contributed by atoms with Crippen LogP contribution in [0.1, 0.15) is 49.2 Å². The summed E-state index contributed by atoms with van der Waals surface area (Å²) < 4.78 is 0. The molecule has 0 aromatic carbocycles. The van der Waals surface area contributed by atoms with Crippen molar-refractivity contribution in [3.05, 3.63) is 17.5 Å². The van der Waals surface area contributed by atoms with Crippen LogP contribution in [-0.4, -0.2) is 33.2 Å². The minimum absolute atomic E-state index is 0.0165. The molecule has 2 unspecified atom stereocenters. The number of H-pyrrole nitrogens is 1. The highest BCUT2D eigenvalue weighted by atomic mass is 16.4. The zero-order valence-corrected chi connectivity index (χ0v) is 11.6. The predicted molar refractivity (Wildman–Crippen MR) is 70.9 cm³/mol. The summed E-state index contributed by atoms with van der Waals surface area (Å²) in [5.41, 5.74) is 1.29. The normalized spacial score (nSPS) is 13.8. The Balaban J connectivity index is 2.32. The molecule has 6 nitrogen and oxygen atoms in total. The molecule has 0 fully saturated rings. The van der Waals surface area contributed by atoms with E-state index in [9.17, 15) is 9.59 Å². The molecule has 0 bridgehead atoms. The lowest BCUT2D eigenvalue weighted by atomic mass is 10.0. The van der Waals surface area contributed by atoms with Crippen LogP contribution in [0, 0.1) is 12.8 Å². The molecule has 2 atom stereocenters. The number of aromatic nitrogens is 2. The van der Waals surface area contributed by atoms with Crippen LogP contribution in [-0.2, 0) is 4.79 Å². The van der Waals surface area contributed by atoms with Gasteiger partial charge in [-0.05, 0) is 26.7 Å². The molecule has 0 aliphatic heterocycles. The third kappa shape index (κ3) is 4.73. The van der Waals surface area contributed by atoms with Crippen molar-refractivity contribution in [1.82, 2.24) is 15.5 Å². The molecule has 0 aliphatic rings. The largest absolute Gasteiger partial charge is 0.481 e. The van der Waals surface area contributed by atoms with Gasteiger partial charge < -0.3 is 10.4 Å². The third-order valence-electron chi connectivity index (χ3n) is 3.15. The molecule has 1 amide bonds. The molecule has 3 N–H and O–H groups in total. The van der Waals surface area contributed by atoms with Crippen LogP contribution in [0.3, 0.4) is 0 Å². The first-order valence-electron chi connectivity index (χ1n) is 6.45. The summed E-state index contributed by atoms with van der Waals surface area (Å²) in [7, 11) is 0. The van der Waals surface area contributed by atoms with Crippen molar-refractivity contribution in [2.75, 3.05) is 0 Å². The summed E-state index contributed by atoms with van der Waals surface area (Å²) in [6.07, 6.45) is 3.67. The van der Waals surface area contributed by atoms with Gasteiger partial charge in [-0.25, -0.2) is 0 Å². The number of amides is 1. The van der Waals surface area contributed by atoms with Gasteiger partial charge in [0, 0.05) is 11.7 Å². The van der Waals surface area contributed by atoms with Crippen molar-refractivity contribution in [3.63, 3.8) is 0 Å². The Labute approximate surface area is 112 Å². The number of hydrogen-bond donors (Lipinski definition) is 3. The van der Waals surface area contributed by atoms with Crippen LogP contribution in [0.2, 0.25) is 0 Å². The summed E-state index contributed by atoms with van der Waals surface area (Å²) in [4.78, 5) is 22.5. The van der Waals surface area contributed by atoms with Gasteiger partial charge in [-0.15, -0.1) is 0 Å². The molecule has 0 radical (unpaired) electrons. The van der Waals surface area contributed by atoms with Crippen molar-refractivity contribution in [3.8, 4) is 0 Å². The van der Waals surface area contributed by atoms with Crippen molar-refractivity contribution >= 4 is 11.9 Å². The van der Waals surface area contributed by atoms with E-state index in [2.05, 4.69) is 15.5 Å². The van der Waals surface area contributed by atoms with Gasteiger partial charge in [0.1, 0.15) is 0 Å². The number of nitrogens with one attached hydrogen (secondary N) is 2. The Hall–Kier alpha value is -1.85. The average molecular weight is 267 g/mol. The molecular formula is C13H21N3O3. The number of carbonyl (C=O) groups excluding carboxylic acids is 1. The monoisotopic (exact) mass is 267 g/mol. The SMILES string of the molecule is Cc1[nH]ncc1C(=O)NC(C)CCCC(C)C(=O)O. The summed E-state index contributed by atoms with van der Waals surface area (Å²) in [6.45, 7) is 5.40. The number of carboxylic acids is 1. The van der Waals surface area contributed by atoms with Crippen LogP contribution >= 0.6 is 0 Å². The molecule has 1 aromatic rings. The van der Waals surface area contributed by atoms with Crippen molar-refractivity contribution in [1.29, 1.82) is 0 Å². The molecule has 1 heterocycles. The summed E-state index contributed by atoms with van der Waals surface area (Å²) in [5.74, 6) is -1.25. The van der Waals surface area contributed by atoms with Crippen molar-refractivity contribution in [2.24, 2.45) is 5.92 Å². The third-order valence-corrected chi connectivity index (χ3v) is 3.15. The average Bonchev–Trinajstić information content (AvgIpc) is 2.75. The van der Waals surface area contributed by atoms with Crippen LogP contribution < -0.4 is 5.32 Å². The highest BCUT2D eigenvalue weighted by molar-refractivity contribution is 5.95. The standard InChI is InChI=1S/C13H21N3O3/c1-8(13(18)19)5-4-6-9(2)15-12(17)11-7-14-16-10(11)3/h7-9H,4-6H2,1-3H3,(H,14,16)(H,15,17)(H,18,19). The van der Waals surface area contributed by atoms with E-state index in [1.54, 1.807) is 13.8 Å². The molecule has 6 heteroatoms. The van der Waals surface area contributed by atoms with Gasteiger partial charge in [0.25, 0.3) is 5.91 Å². The molecule has 0 aliphatic carbocycles. The minimum atomic E-state index is -0.772. The highest BCUT2D eigenvalue weighted by Gasteiger charge is 2.15. The van der Waals surface area contributed by atoms with E-state index in [-0.39, 0.29) is 17.9 Å². The second-order valence-electron chi connectivity index (χ2n) is 4.95. The molecule has 0 saturated carbocycles. The van der Waals surface area contributed by atoms with Crippen LogP contribution in [0.15, 0.2) is 6.20 Å². The lowest BCUT2D eigenvalue weighted by molar-refractivity contribution is -0.141. The molecule has 1 rings (SSSR count). The number of nitrogens with zero attached hydrogens (tertiary/aromatic N) is 1. The van der Waals surface area contributed by atoms with Gasteiger partial charge in [0.05, 0.1) is 17.7 Å². The summed E-state index contributed by atoms with van der Waals surface area (Å²) >= 11 is 0. The highest BCUT2D eigenvalue weighted by Crippen LogP contribution is 2.10.